The first-order valence-electron chi connectivity index (χ1n) is 10.1. The Morgan fingerprint density at radius 3 is 2.19 bits per heavy atom. The highest BCUT2D eigenvalue weighted by atomic mass is 16.6. The molecule has 0 atom stereocenters. The second kappa shape index (κ2) is 7.85. The van der Waals surface area contributed by atoms with Gasteiger partial charge in [-0.3, -0.25) is 14.3 Å². The number of ether oxygens (including phenoxy) is 1. The van der Waals surface area contributed by atoms with Crippen LogP contribution in [0, 0.1) is 6.92 Å². The molecule has 0 aliphatic carbocycles. The zero-order chi connectivity index (χ0) is 23.1. The summed E-state index contributed by atoms with van der Waals surface area (Å²) in [5, 5.41) is 15.1. The van der Waals surface area contributed by atoms with E-state index in [9.17, 15) is 14.7 Å². The smallest absolute Gasteiger partial charge is 0.328 e. The molecule has 0 aliphatic heterocycles. The second-order valence-electron chi connectivity index (χ2n) is 9.19. The van der Waals surface area contributed by atoms with Crippen molar-refractivity contribution in [3.05, 3.63) is 41.6 Å². The fraction of sp³-hybridized carbons (Fsp3) is 0.435. The van der Waals surface area contributed by atoms with Gasteiger partial charge in [0.1, 0.15) is 23.4 Å². The Hall–Kier alpha value is -3.13. The lowest BCUT2D eigenvalue weighted by Gasteiger charge is -2.19. The van der Waals surface area contributed by atoms with Crippen LogP contribution in [0.4, 0.5) is 0 Å². The van der Waals surface area contributed by atoms with Gasteiger partial charge >= 0.3 is 5.97 Å². The van der Waals surface area contributed by atoms with Crippen LogP contribution in [0.2, 0.25) is 0 Å². The fourth-order valence-corrected chi connectivity index (χ4v) is 3.36. The monoisotopic (exact) mass is 424 g/mol. The van der Waals surface area contributed by atoms with Gasteiger partial charge in [-0.25, -0.2) is 9.97 Å². The molecular weight excluding hydrogens is 396 g/mol. The van der Waals surface area contributed by atoms with Gasteiger partial charge in [-0.2, -0.15) is 5.10 Å². The number of carbonyl (C=O) groups excluding carboxylic acids is 2. The summed E-state index contributed by atoms with van der Waals surface area (Å²) in [6, 6.07) is 3.78. The van der Waals surface area contributed by atoms with Crippen LogP contribution in [0.3, 0.4) is 0 Å². The molecule has 164 valence electrons. The molecule has 1 aromatic carbocycles. The molecule has 0 saturated heterocycles. The maximum absolute atomic E-state index is 12.4. The van der Waals surface area contributed by atoms with Crippen molar-refractivity contribution in [1.82, 2.24) is 19.7 Å². The first-order valence-corrected chi connectivity index (χ1v) is 10.1. The van der Waals surface area contributed by atoms with Gasteiger partial charge < -0.3 is 9.84 Å². The second-order valence-corrected chi connectivity index (χ2v) is 9.19. The maximum Gasteiger partial charge on any atom is 0.328 e. The number of aryl methyl sites for hydroxylation is 1. The van der Waals surface area contributed by atoms with E-state index in [1.807, 2.05) is 19.1 Å². The number of esters is 1. The Bertz CT molecular complexity index is 1150. The molecule has 2 heterocycles. The number of carbonyl (C=O) groups is 2. The van der Waals surface area contributed by atoms with E-state index in [0.717, 1.165) is 16.7 Å². The van der Waals surface area contributed by atoms with Gasteiger partial charge in [-0.15, -0.1) is 0 Å². The molecular formula is C23H28N4O4. The highest BCUT2D eigenvalue weighted by Crippen LogP contribution is 2.30. The third-order valence-corrected chi connectivity index (χ3v) is 4.60. The van der Waals surface area contributed by atoms with E-state index in [-0.39, 0.29) is 18.0 Å². The zero-order valence-corrected chi connectivity index (χ0v) is 19.0. The molecule has 0 unspecified atom stereocenters. The largest absolute Gasteiger partial charge is 0.459 e. The molecule has 31 heavy (non-hydrogen) atoms. The lowest BCUT2D eigenvalue weighted by molar-refractivity contribution is -0.155. The van der Waals surface area contributed by atoms with Crippen molar-refractivity contribution in [3.63, 3.8) is 0 Å². The van der Waals surface area contributed by atoms with Crippen LogP contribution in [-0.4, -0.2) is 42.2 Å². The van der Waals surface area contributed by atoms with E-state index in [1.54, 1.807) is 47.0 Å². The zero-order valence-electron chi connectivity index (χ0n) is 19.0. The maximum atomic E-state index is 12.4. The first kappa shape index (κ1) is 22.6. The summed E-state index contributed by atoms with van der Waals surface area (Å²) < 4.78 is 6.93. The molecule has 8 heteroatoms. The number of fused-ring (bicyclic) bond motifs is 1. The predicted octanol–water partition coefficient (Wildman–Crippen LogP) is 3.57. The summed E-state index contributed by atoms with van der Waals surface area (Å²) in [6.07, 6.45) is 3.28. The molecule has 3 aromatic rings. The molecule has 0 radical (unpaired) electrons. The Morgan fingerprint density at radius 1 is 1.06 bits per heavy atom. The highest BCUT2D eigenvalue weighted by molar-refractivity contribution is 6.06. The molecule has 0 saturated carbocycles. The lowest BCUT2D eigenvalue weighted by atomic mass is 10.0. The van der Waals surface area contributed by atoms with Crippen molar-refractivity contribution >= 4 is 22.7 Å². The van der Waals surface area contributed by atoms with Crippen LogP contribution < -0.4 is 0 Å². The quantitative estimate of drug-likeness (QED) is 0.493. The Labute approximate surface area is 181 Å². The van der Waals surface area contributed by atoms with E-state index < -0.39 is 17.2 Å². The van der Waals surface area contributed by atoms with Gasteiger partial charge in [-0.05, 0) is 64.8 Å². The van der Waals surface area contributed by atoms with Crippen molar-refractivity contribution in [1.29, 1.82) is 0 Å². The molecule has 0 bridgehead atoms. The number of hydrogen-bond donors (Lipinski definition) is 1. The molecule has 3 rings (SSSR count). The van der Waals surface area contributed by atoms with Gasteiger partial charge in [0.2, 0.25) is 0 Å². The predicted molar refractivity (Wildman–Crippen MR) is 117 cm³/mol. The molecule has 2 aromatic heterocycles. The molecule has 0 aliphatic rings. The summed E-state index contributed by atoms with van der Waals surface area (Å²) in [7, 11) is 0. The third-order valence-electron chi connectivity index (χ3n) is 4.60. The van der Waals surface area contributed by atoms with Crippen molar-refractivity contribution in [2.24, 2.45) is 0 Å². The van der Waals surface area contributed by atoms with Crippen molar-refractivity contribution < 1.29 is 19.4 Å². The average molecular weight is 425 g/mol. The number of rotatable bonds is 5. The molecule has 0 spiro atoms. The number of ketones is 1. The van der Waals surface area contributed by atoms with E-state index in [2.05, 4.69) is 15.1 Å². The standard InChI is InChI=1S/C23H28N4O4/c1-13-8-15(16-10-24-21(25-11-16)23(6,7)30)9-17-19(14(2)28)26-27(20(13)17)12-18(29)31-22(3,4)5/h8-11,30H,12H2,1-7H3. The summed E-state index contributed by atoms with van der Waals surface area (Å²) in [6.45, 7) is 11.9. The number of aromatic nitrogens is 4. The van der Waals surface area contributed by atoms with Gasteiger partial charge in [0.15, 0.2) is 11.6 Å². The first-order chi connectivity index (χ1) is 14.3. The fourth-order valence-electron chi connectivity index (χ4n) is 3.36. The van der Waals surface area contributed by atoms with Crippen LogP contribution in [0.1, 0.15) is 63.4 Å². The minimum absolute atomic E-state index is 0.0926. The number of hydrogen-bond acceptors (Lipinski definition) is 7. The van der Waals surface area contributed by atoms with Crippen LogP contribution in [0.25, 0.3) is 22.0 Å². The SMILES string of the molecule is CC(=O)c1nn(CC(=O)OC(C)(C)C)c2c(C)cc(-c3cnc(C(C)(C)O)nc3)cc12. The van der Waals surface area contributed by atoms with Gasteiger partial charge in [0.25, 0.3) is 0 Å². The summed E-state index contributed by atoms with van der Waals surface area (Å²) >= 11 is 0. The van der Waals surface area contributed by atoms with E-state index >= 15 is 0 Å². The minimum atomic E-state index is -1.14. The van der Waals surface area contributed by atoms with E-state index in [0.29, 0.717) is 16.7 Å². The van der Waals surface area contributed by atoms with E-state index in [4.69, 9.17) is 4.74 Å². The third kappa shape index (κ3) is 4.96. The minimum Gasteiger partial charge on any atom is -0.459 e. The summed E-state index contributed by atoms with van der Waals surface area (Å²) in [5.74, 6) is -0.298. The van der Waals surface area contributed by atoms with Crippen LogP contribution in [0.15, 0.2) is 24.5 Å². The van der Waals surface area contributed by atoms with Crippen LogP contribution >= 0.6 is 0 Å². The number of aliphatic hydroxyl groups is 1. The summed E-state index contributed by atoms with van der Waals surface area (Å²) in [4.78, 5) is 33.1. The number of benzene rings is 1. The number of Topliss-reactive ketones (excluding diaryl/α,β-unsaturated/α-hetero) is 1. The van der Waals surface area contributed by atoms with Gasteiger partial charge in [0, 0.05) is 30.3 Å². The highest BCUT2D eigenvalue weighted by Gasteiger charge is 2.23. The molecule has 0 amide bonds. The van der Waals surface area contributed by atoms with Crippen molar-refractivity contribution in [3.8, 4) is 11.1 Å². The van der Waals surface area contributed by atoms with E-state index in [1.165, 1.54) is 11.6 Å². The normalized spacial score (nSPS) is 12.3. The van der Waals surface area contributed by atoms with Crippen LogP contribution in [-0.2, 0) is 21.7 Å². The lowest BCUT2D eigenvalue weighted by Crippen LogP contribution is -2.27. The van der Waals surface area contributed by atoms with Gasteiger partial charge in [0.05, 0.1) is 5.52 Å². The summed E-state index contributed by atoms with van der Waals surface area (Å²) in [5.41, 5.74) is 1.65. The van der Waals surface area contributed by atoms with Gasteiger partial charge in [-0.1, -0.05) is 0 Å². The topological polar surface area (TPSA) is 107 Å². The van der Waals surface area contributed by atoms with Crippen molar-refractivity contribution in [2.45, 2.75) is 66.2 Å². The Balaban J connectivity index is 2.08. The molecule has 0 fully saturated rings. The molecule has 1 N–H and O–H groups in total. The molecule has 8 nitrogen and oxygen atoms in total. The number of nitrogens with zero attached hydrogens (tertiary/aromatic N) is 4. The van der Waals surface area contributed by atoms with Crippen LogP contribution in [0.5, 0.6) is 0 Å². The Kier molecular flexibility index (Phi) is 5.71. The Morgan fingerprint density at radius 2 is 1.68 bits per heavy atom. The van der Waals surface area contributed by atoms with Crippen molar-refractivity contribution in [2.75, 3.05) is 0 Å². The average Bonchev–Trinajstić information content (AvgIpc) is 2.98.